The Morgan fingerprint density at radius 3 is 0.983 bits per heavy atom. The molecule has 0 atom stereocenters. The maximum Gasteiger partial charge on any atom is 0.306 e. The fraction of sp³-hybridized carbons (Fsp3) is 0.741. The van der Waals surface area contributed by atoms with E-state index in [4.69, 9.17) is 9.47 Å². The fourth-order valence-electron chi connectivity index (χ4n) is 8.18. The molecule has 0 saturated heterocycles. The van der Waals surface area contributed by atoms with Gasteiger partial charge in [0.05, 0.1) is 0 Å². The van der Waals surface area contributed by atoms with E-state index in [2.05, 4.69) is 61.8 Å². The zero-order valence-electron chi connectivity index (χ0n) is 39.6. The van der Waals surface area contributed by atoms with Crippen molar-refractivity contribution in [2.45, 2.75) is 221 Å². The number of rotatable bonds is 41. The molecule has 2 rings (SSSR count). The lowest BCUT2D eigenvalue weighted by Crippen LogP contribution is -2.28. The van der Waals surface area contributed by atoms with Crippen LogP contribution in [0.1, 0.15) is 219 Å². The first-order valence-corrected chi connectivity index (χ1v) is 25.4. The third-order valence-corrected chi connectivity index (χ3v) is 12.0. The summed E-state index contributed by atoms with van der Waals surface area (Å²) < 4.78 is 11.5. The van der Waals surface area contributed by atoms with Crippen LogP contribution in [0.15, 0.2) is 48.5 Å². The Morgan fingerprint density at radius 1 is 0.383 bits per heavy atom. The maximum atomic E-state index is 12.8. The molecule has 2 aromatic carbocycles. The molecule has 0 radical (unpaired) electrons. The largest absolute Gasteiger partial charge is 0.461 e. The zero-order valence-corrected chi connectivity index (χ0v) is 39.6. The molecule has 0 N–H and O–H groups in total. The van der Waals surface area contributed by atoms with E-state index in [0.29, 0.717) is 12.8 Å². The Labute approximate surface area is 370 Å². The van der Waals surface area contributed by atoms with Crippen LogP contribution in [0.2, 0.25) is 0 Å². The predicted molar refractivity (Wildman–Crippen MR) is 256 cm³/mol. The van der Waals surface area contributed by atoms with Crippen LogP contribution in [0, 0.1) is 0 Å². The predicted octanol–water partition coefficient (Wildman–Crippen LogP) is 15.0. The van der Waals surface area contributed by atoms with Crippen molar-refractivity contribution in [1.29, 1.82) is 0 Å². The van der Waals surface area contributed by atoms with Crippen molar-refractivity contribution < 1.29 is 19.1 Å². The molecule has 0 aromatic heterocycles. The van der Waals surface area contributed by atoms with Crippen LogP contribution in [0.5, 0.6) is 0 Å². The van der Waals surface area contributed by atoms with Gasteiger partial charge in [0.25, 0.3) is 0 Å². The van der Waals surface area contributed by atoms with Crippen molar-refractivity contribution >= 4 is 11.9 Å². The topological polar surface area (TPSA) is 59.1 Å². The van der Waals surface area contributed by atoms with Gasteiger partial charge in [-0.2, -0.15) is 0 Å². The number of carbonyl (C=O) groups excluding carboxylic acids is 2. The molecule has 0 bridgehead atoms. The van der Waals surface area contributed by atoms with Crippen molar-refractivity contribution in [3.05, 3.63) is 59.7 Å². The zero-order chi connectivity index (χ0) is 43.1. The van der Waals surface area contributed by atoms with Crippen LogP contribution in [0.25, 0.3) is 11.1 Å². The van der Waals surface area contributed by atoms with Crippen molar-refractivity contribution in [3.8, 4) is 11.1 Å². The molecular weight excluding hydrogens is 741 g/mol. The quantitative estimate of drug-likeness (QED) is 0.0491. The molecule has 0 aliphatic heterocycles. The lowest BCUT2D eigenvalue weighted by Gasteiger charge is -2.22. The molecule has 60 heavy (non-hydrogen) atoms. The van der Waals surface area contributed by atoms with E-state index < -0.39 is 0 Å². The Morgan fingerprint density at radius 2 is 0.667 bits per heavy atom. The highest BCUT2D eigenvalue weighted by Gasteiger charge is 2.11. The van der Waals surface area contributed by atoms with Crippen LogP contribution in [0.3, 0.4) is 0 Å². The molecule has 0 unspecified atom stereocenters. The normalized spacial score (nSPS) is 11.5. The molecule has 0 heterocycles. The van der Waals surface area contributed by atoms with Gasteiger partial charge >= 0.3 is 11.9 Å². The van der Waals surface area contributed by atoms with E-state index >= 15 is 0 Å². The summed E-state index contributed by atoms with van der Waals surface area (Å²) in [5.41, 5.74) is 4.08. The lowest BCUT2D eigenvalue weighted by atomic mass is 10.0. The number of esters is 2. The number of unbranched alkanes of at least 4 members (excludes halogenated alkanes) is 20. The molecule has 0 spiro atoms. The lowest BCUT2D eigenvalue weighted by molar-refractivity contribution is -0.146. The second kappa shape index (κ2) is 38.0. The smallest absolute Gasteiger partial charge is 0.306 e. The summed E-state index contributed by atoms with van der Waals surface area (Å²) in [4.78, 5) is 30.8. The van der Waals surface area contributed by atoms with Gasteiger partial charge < -0.3 is 19.3 Å². The monoisotopic (exact) mass is 833 g/mol. The van der Waals surface area contributed by atoms with Gasteiger partial charge in [0.2, 0.25) is 0 Å². The summed E-state index contributed by atoms with van der Waals surface area (Å²) in [6.07, 6.45) is 34.2. The molecule has 0 aliphatic carbocycles. The first-order valence-electron chi connectivity index (χ1n) is 25.4. The number of carbonyl (C=O) groups is 2. The van der Waals surface area contributed by atoms with Gasteiger partial charge in [0, 0.05) is 12.8 Å². The minimum Gasteiger partial charge on any atom is -0.461 e. The molecule has 2 aromatic rings. The van der Waals surface area contributed by atoms with Gasteiger partial charge in [0.1, 0.15) is 13.2 Å². The van der Waals surface area contributed by atoms with Crippen LogP contribution in [-0.4, -0.2) is 61.0 Å². The SMILES string of the molecule is CCCCCCCCN(CCCCCCCC)CCCC(=O)OCc1cccc(-c2cccc(COC(=O)CCCN(CCCCCCCC)CCCCCCCC)c2)c1. The second-order valence-electron chi connectivity index (χ2n) is 17.7. The van der Waals surface area contributed by atoms with E-state index in [-0.39, 0.29) is 25.2 Å². The van der Waals surface area contributed by atoms with Crippen LogP contribution in [-0.2, 0) is 32.3 Å². The van der Waals surface area contributed by atoms with Gasteiger partial charge in [-0.15, -0.1) is 0 Å². The van der Waals surface area contributed by atoms with Gasteiger partial charge in [-0.05, 0) is 112 Å². The summed E-state index contributed by atoms with van der Waals surface area (Å²) in [6, 6.07) is 16.5. The van der Waals surface area contributed by atoms with Crippen molar-refractivity contribution in [1.82, 2.24) is 9.80 Å². The highest BCUT2D eigenvalue weighted by atomic mass is 16.5. The highest BCUT2D eigenvalue weighted by Crippen LogP contribution is 2.23. The van der Waals surface area contributed by atoms with Crippen LogP contribution < -0.4 is 0 Å². The van der Waals surface area contributed by atoms with E-state index in [0.717, 1.165) is 74.4 Å². The van der Waals surface area contributed by atoms with Crippen molar-refractivity contribution in [2.24, 2.45) is 0 Å². The summed E-state index contributed by atoms with van der Waals surface area (Å²) in [5.74, 6) is -0.238. The molecule has 6 nitrogen and oxygen atoms in total. The third-order valence-electron chi connectivity index (χ3n) is 12.0. The Kier molecular flexibility index (Phi) is 33.9. The van der Waals surface area contributed by atoms with Gasteiger partial charge in [0.15, 0.2) is 0 Å². The number of ether oxygens (including phenoxy) is 2. The molecular formula is C54H92N2O4. The van der Waals surface area contributed by atoms with Crippen molar-refractivity contribution in [2.75, 3.05) is 39.3 Å². The first kappa shape index (κ1) is 53.4. The highest BCUT2D eigenvalue weighted by molar-refractivity contribution is 5.70. The first-order chi connectivity index (χ1) is 29.5. The molecule has 6 heteroatoms. The molecule has 0 aliphatic rings. The van der Waals surface area contributed by atoms with Gasteiger partial charge in [-0.25, -0.2) is 0 Å². The summed E-state index contributed by atoms with van der Waals surface area (Å²) in [6.45, 7) is 16.2. The van der Waals surface area contributed by atoms with Crippen LogP contribution >= 0.6 is 0 Å². The van der Waals surface area contributed by atoms with Gasteiger partial charge in [-0.1, -0.05) is 193 Å². The van der Waals surface area contributed by atoms with E-state index in [9.17, 15) is 9.59 Å². The molecule has 0 amide bonds. The molecule has 0 saturated carbocycles. The number of benzene rings is 2. The Bertz CT molecular complexity index is 1180. The van der Waals surface area contributed by atoms with Crippen LogP contribution in [0.4, 0.5) is 0 Å². The molecule has 0 fully saturated rings. The maximum absolute atomic E-state index is 12.8. The standard InChI is InChI=1S/C54H92N2O4/c1-5-9-13-17-21-25-39-55(40-26-22-18-14-10-6-2)43-31-37-53(57)59-47-49-33-29-35-51(45-49)52-36-30-34-50(46-52)48-60-54(58)38-32-44-56(41-27-23-19-15-11-7-3)42-28-24-20-16-12-8-4/h29-30,33-36,45-46H,5-28,31-32,37-44,47-48H2,1-4H3. The fourth-order valence-corrected chi connectivity index (χ4v) is 8.18. The number of hydrogen-bond donors (Lipinski definition) is 0. The summed E-state index contributed by atoms with van der Waals surface area (Å²) >= 11 is 0. The average molecular weight is 833 g/mol. The van der Waals surface area contributed by atoms with E-state index in [1.165, 1.54) is 154 Å². The summed E-state index contributed by atoms with van der Waals surface area (Å²) in [5, 5.41) is 0. The number of hydrogen-bond acceptors (Lipinski definition) is 6. The minimum atomic E-state index is -0.119. The molecule has 342 valence electrons. The second-order valence-corrected chi connectivity index (χ2v) is 17.7. The Hall–Kier alpha value is -2.70. The Balaban J connectivity index is 1.78. The third kappa shape index (κ3) is 28.8. The average Bonchev–Trinajstić information content (AvgIpc) is 3.26. The van der Waals surface area contributed by atoms with Crippen molar-refractivity contribution in [3.63, 3.8) is 0 Å². The van der Waals surface area contributed by atoms with Gasteiger partial charge in [-0.3, -0.25) is 9.59 Å². The summed E-state index contributed by atoms with van der Waals surface area (Å²) in [7, 11) is 0. The number of nitrogens with zero attached hydrogens (tertiary/aromatic N) is 2. The minimum absolute atomic E-state index is 0.119. The van der Waals surface area contributed by atoms with E-state index in [1.807, 2.05) is 24.3 Å². The van der Waals surface area contributed by atoms with E-state index in [1.54, 1.807) is 0 Å².